The van der Waals surface area contributed by atoms with Crippen LogP contribution in [0.1, 0.15) is 30.6 Å². The third kappa shape index (κ3) is 5.59. The van der Waals surface area contributed by atoms with Crippen molar-refractivity contribution in [3.05, 3.63) is 45.5 Å². The number of hydrogen-bond donors (Lipinski definition) is 2. The Morgan fingerprint density at radius 3 is 2.44 bits per heavy atom. The summed E-state index contributed by atoms with van der Waals surface area (Å²) < 4.78 is 11.1. The lowest BCUT2D eigenvalue weighted by molar-refractivity contribution is -0.420. The summed E-state index contributed by atoms with van der Waals surface area (Å²) in [5.41, 5.74) is -1.52. The number of hydrazine groups is 1. The van der Waals surface area contributed by atoms with Gasteiger partial charge in [-0.3, -0.25) is 19.7 Å². The lowest BCUT2D eigenvalue weighted by Crippen LogP contribution is -2.48. The number of nitrogens with two attached hydrogens (primary N) is 1. The first-order chi connectivity index (χ1) is 16.0. The number of amides is 1. The van der Waals surface area contributed by atoms with Gasteiger partial charge in [0.1, 0.15) is 23.1 Å². The number of hydrogen-bond acceptors (Lipinski definition) is 10. The van der Waals surface area contributed by atoms with Crippen LogP contribution in [0.2, 0.25) is 0 Å². The van der Waals surface area contributed by atoms with Gasteiger partial charge in [0.05, 0.1) is 12.0 Å². The highest BCUT2D eigenvalue weighted by Gasteiger charge is 2.45. The molecule has 0 saturated heterocycles. The number of carbonyl (C=O) groups excluding carboxylic acids is 1. The predicted molar refractivity (Wildman–Crippen MR) is 127 cm³/mol. The summed E-state index contributed by atoms with van der Waals surface area (Å²) in [6, 6.07) is 4.33. The van der Waals surface area contributed by atoms with E-state index in [0.29, 0.717) is 6.42 Å². The van der Waals surface area contributed by atoms with E-state index in [1.165, 1.54) is 30.2 Å². The molecular formula is C21H29N5O7S. The van der Waals surface area contributed by atoms with Crippen LogP contribution in [0.15, 0.2) is 34.8 Å². The highest BCUT2D eigenvalue weighted by Crippen LogP contribution is 2.34. The first-order valence-corrected chi connectivity index (χ1v) is 11.6. The summed E-state index contributed by atoms with van der Waals surface area (Å²) in [4.78, 5) is 41.6. The topological polar surface area (TPSA) is 161 Å². The fourth-order valence-electron chi connectivity index (χ4n) is 3.35. The molecule has 0 radical (unpaired) electrons. The van der Waals surface area contributed by atoms with Crippen LogP contribution >= 0.6 is 11.8 Å². The number of nitrogens with zero attached hydrogens (tertiary/aromatic N) is 4. The van der Waals surface area contributed by atoms with Crippen LogP contribution in [-0.4, -0.2) is 70.5 Å². The van der Waals surface area contributed by atoms with E-state index in [0.717, 1.165) is 16.8 Å². The largest absolute Gasteiger partial charge is 0.497 e. The number of aliphatic carboxylic acids is 1. The first kappa shape index (κ1) is 26.9. The van der Waals surface area contributed by atoms with E-state index in [-0.39, 0.29) is 34.6 Å². The Labute approximate surface area is 201 Å². The molecule has 1 aromatic rings. The number of carboxylic acids is 1. The fourth-order valence-corrected chi connectivity index (χ4v) is 3.89. The zero-order chi connectivity index (χ0) is 25.7. The second-order valence-electron chi connectivity index (χ2n) is 7.79. The molecule has 34 heavy (non-hydrogen) atoms. The van der Waals surface area contributed by atoms with Gasteiger partial charge in [-0.1, -0.05) is 20.3 Å². The molecule has 3 atom stereocenters. The van der Waals surface area contributed by atoms with Crippen molar-refractivity contribution in [2.24, 2.45) is 22.7 Å². The quantitative estimate of drug-likeness (QED) is 0.280. The number of thioether (sulfide) groups is 1. The Morgan fingerprint density at radius 2 is 1.97 bits per heavy atom. The average Bonchev–Trinajstić information content (AvgIpc) is 2.79. The number of carboxylic acid groups (broad SMARTS) is 1. The molecule has 0 aromatic heterocycles. The van der Waals surface area contributed by atoms with Gasteiger partial charge in [0.25, 0.3) is 11.8 Å². The number of nitro groups is 1. The van der Waals surface area contributed by atoms with Gasteiger partial charge >= 0.3 is 11.7 Å². The van der Waals surface area contributed by atoms with Gasteiger partial charge in [-0.05, 0) is 24.3 Å². The number of ether oxygens (including phenoxy) is 2. The van der Waals surface area contributed by atoms with Crippen LogP contribution in [0.3, 0.4) is 0 Å². The molecule has 3 N–H and O–H groups in total. The van der Waals surface area contributed by atoms with Crippen molar-refractivity contribution in [3.63, 3.8) is 0 Å². The van der Waals surface area contributed by atoms with E-state index < -0.39 is 33.9 Å². The standard InChI is InChI=1S/C21H29N5O7S/c1-7-11(2)15(20(28)29)16-17(26(30)31)19(25(22)21(23-16)34-6)33-14-9-12(18(27)24(3)4)8-13(10-14)32-5/h8-11,15,21H,7,22H2,1-6H3,(H,28,29). The molecule has 0 aliphatic carbocycles. The van der Waals surface area contributed by atoms with E-state index in [1.807, 2.05) is 0 Å². The Bertz CT molecular complexity index is 1030. The molecule has 13 heteroatoms. The average molecular weight is 496 g/mol. The summed E-state index contributed by atoms with van der Waals surface area (Å²) in [7, 11) is 4.55. The predicted octanol–water partition coefficient (Wildman–Crippen LogP) is 2.25. The molecule has 1 aliphatic heterocycles. The highest BCUT2D eigenvalue weighted by atomic mass is 32.2. The Morgan fingerprint density at radius 1 is 1.35 bits per heavy atom. The van der Waals surface area contributed by atoms with Crippen LogP contribution < -0.4 is 15.3 Å². The second-order valence-corrected chi connectivity index (χ2v) is 8.69. The highest BCUT2D eigenvalue weighted by molar-refractivity contribution is 7.99. The first-order valence-electron chi connectivity index (χ1n) is 10.3. The van der Waals surface area contributed by atoms with E-state index in [4.69, 9.17) is 15.3 Å². The molecule has 1 heterocycles. The van der Waals surface area contributed by atoms with Crippen molar-refractivity contribution in [3.8, 4) is 11.5 Å². The number of benzene rings is 1. The zero-order valence-corrected chi connectivity index (χ0v) is 20.7. The number of carbonyl (C=O) groups is 2. The van der Waals surface area contributed by atoms with Gasteiger partial charge in [-0.15, -0.1) is 11.8 Å². The van der Waals surface area contributed by atoms with Gasteiger partial charge < -0.3 is 19.5 Å². The summed E-state index contributed by atoms with van der Waals surface area (Å²) in [5.74, 6) is 2.81. The van der Waals surface area contributed by atoms with Crippen molar-refractivity contribution in [2.45, 2.75) is 25.8 Å². The molecule has 12 nitrogen and oxygen atoms in total. The maximum Gasteiger partial charge on any atom is 0.352 e. The van der Waals surface area contributed by atoms with Crippen LogP contribution in [0.25, 0.3) is 0 Å². The summed E-state index contributed by atoms with van der Waals surface area (Å²) in [6.45, 7) is 3.47. The second kappa shape index (κ2) is 11.2. The smallest absolute Gasteiger partial charge is 0.352 e. The van der Waals surface area contributed by atoms with Gasteiger partial charge in [0, 0.05) is 25.7 Å². The monoisotopic (exact) mass is 495 g/mol. The van der Waals surface area contributed by atoms with Crippen LogP contribution in [-0.2, 0) is 4.79 Å². The number of rotatable bonds is 10. The van der Waals surface area contributed by atoms with E-state index in [2.05, 4.69) is 4.99 Å². The minimum Gasteiger partial charge on any atom is -0.497 e. The minimum atomic E-state index is -1.25. The third-order valence-corrected chi connectivity index (χ3v) is 6.07. The molecule has 0 bridgehead atoms. The summed E-state index contributed by atoms with van der Waals surface area (Å²) in [6.07, 6.45) is 2.14. The molecule has 0 fully saturated rings. The molecule has 186 valence electrons. The van der Waals surface area contributed by atoms with Crippen LogP contribution in [0, 0.1) is 22.0 Å². The van der Waals surface area contributed by atoms with Gasteiger partial charge in [-0.25, -0.2) is 15.8 Å². The van der Waals surface area contributed by atoms with Crippen molar-refractivity contribution in [2.75, 3.05) is 27.5 Å². The van der Waals surface area contributed by atoms with E-state index in [1.54, 1.807) is 34.2 Å². The summed E-state index contributed by atoms with van der Waals surface area (Å²) >= 11 is 1.15. The zero-order valence-electron chi connectivity index (χ0n) is 19.8. The number of allylic oxidation sites excluding steroid dienone is 1. The van der Waals surface area contributed by atoms with Crippen molar-refractivity contribution >= 4 is 29.4 Å². The molecule has 1 amide bonds. The molecule has 0 spiro atoms. The van der Waals surface area contributed by atoms with Crippen molar-refractivity contribution < 1.29 is 29.1 Å². The van der Waals surface area contributed by atoms with Gasteiger partial charge in [-0.2, -0.15) is 0 Å². The lowest BCUT2D eigenvalue weighted by atomic mass is 9.86. The lowest BCUT2D eigenvalue weighted by Gasteiger charge is -2.32. The van der Waals surface area contributed by atoms with E-state index in [9.17, 15) is 24.8 Å². The Balaban J connectivity index is 2.72. The SMILES string of the molecule is CCC(C)C(C(=O)O)C1=NC(SC)N(N)C(Oc2cc(OC)cc(C(=O)N(C)C)c2)=C1[N+](=O)[O-]. The molecule has 1 aliphatic rings. The number of methoxy groups -OCH3 is 1. The van der Waals surface area contributed by atoms with Crippen LogP contribution in [0.4, 0.5) is 0 Å². The maximum atomic E-state index is 12.5. The fraction of sp³-hybridized carbons (Fsp3) is 0.476. The van der Waals surface area contributed by atoms with Gasteiger partial charge in [0.15, 0.2) is 5.50 Å². The maximum absolute atomic E-state index is 12.5. The minimum absolute atomic E-state index is 0.0471. The Kier molecular flexibility index (Phi) is 8.87. The van der Waals surface area contributed by atoms with Gasteiger partial charge in [0.2, 0.25) is 0 Å². The third-order valence-electron chi connectivity index (χ3n) is 5.32. The summed E-state index contributed by atoms with van der Waals surface area (Å²) in [5, 5.41) is 23.0. The normalized spacial score (nSPS) is 17.6. The molecule has 0 saturated carbocycles. The van der Waals surface area contributed by atoms with E-state index >= 15 is 0 Å². The van der Waals surface area contributed by atoms with Crippen molar-refractivity contribution in [1.29, 1.82) is 0 Å². The molecule has 3 unspecified atom stereocenters. The Hall–Kier alpha value is -3.32. The van der Waals surface area contributed by atoms with Crippen molar-refractivity contribution in [1.82, 2.24) is 9.91 Å². The molecule has 2 rings (SSSR count). The number of aliphatic imine (C=N–C) groups is 1. The molecule has 1 aromatic carbocycles. The molecular weight excluding hydrogens is 466 g/mol. The van der Waals surface area contributed by atoms with Crippen LogP contribution in [0.5, 0.6) is 11.5 Å².